The van der Waals surface area contributed by atoms with Crippen molar-refractivity contribution in [2.75, 3.05) is 0 Å². The van der Waals surface area contributed by atoms with E-state index in [9.17, 15) is 9.59 Å². The minimum atomic E-state index is -0.310. The Hall–Kier alpha value is -2.62. The molecule has 0 fully saturated rings. The van der Waals surface area contributed by atoms with Crippen LogP contribution in [-0.4, -0.2) is 11.9 Å². The summed E-state index contributed by atoms with van der Waals surface area (Å²) < 4.78 is 11.3. The van der Waals surface area contributed by atoms with Crippen LogP contribution in [0, 0.1) is 13.8 Å². The first-order chi connectivity index (χ1) is 15.6. The summed E-state index contributed by atoms with van der Waals surface area (Å²) in [5.74, 6) is 0.963. The van der Waals surface area contributed by atoms with Crippen LogP contribution in [0.25, 0.3) is 0 Å². The lowest BCUT2D eigenvalue weighted by molar-refractivity contribution is -0.134. The van der Waals surface area contributed by atoms with Gasteiger partial charge in [-0.1, -0.05) is 72.7 Å². The van der Waals surface area contributed by atoms with E-state index < -0.39 is 0 Å². The third-order valence-electron chi connectivity index (χ3n) is 6.84. The zero-order chi connectivity index (χ0) is 25.6. The maximum Gasteiger partial charge on any atom is 0.318 e. The molecule has 0 aromatic heterocycles. The van der Waals surface area contributed by atoms with Crippen molar-refractivity contribution >= 4 is 11.9 Å². The lowest BCUT2D eigenvalue weighted by Gasteiger charge is -2.27. The van der Waals surface area contributed by atoms with Crippen LogP contribution in [0.15, 0.2) is 24.3 Å². The molecule has 0 radical (unpaired) electrons. The largest absolute Gasteiger partial charge is 0.426 e. The van der Waals surface area contributed by atoms with Gasteiger partial charge in [0.25, 0.3) is 0 Å². The van der Waals surface area contributed by atoms with Gasteiger partial charge >= 0.3 is 11.9 Å². The second-order valence-electron chi connectivity index (χ2n) is 12.0. The molecule has 0 spiro atoms. The molecule has 184 valence electrons. The van der Waals surface area contributed by atoms with E-state index in [1.165, 1.54) is 18.1 Å². The number of hydrogen-bond donors (Lipinski definition) is 0. The van der Waals surface area contributed by atoms with Gasteiger partial charge in [-0.3, -0.25) is 9.59 Å². The minimum absolute atomic E-state index is 0.0166. The summed E-state index contributed by atoms with van der Waals surface area (Å²) >= 11 is 0. The van der Waals surface area contributed by atoms with Crippen molar-refractivity contribution in [3.8, 4) is 11.5 Å². The number of ether oxygens (including phenoxy) is 2. The molecule has 0 N–H and O–H groups in total. The van der Waals surface area contributed by atoms with Gasteiger partial charge in [0.05, 0.1) is 5.92 Å². The first-order valence-electron chi connectivity index (χ1n) is 12.3. The highest BCUT2D eigenvalue weighted by Crippen LogP contribution is 2.47. The van der Waals surface area contributed by atoms with Crippen molar-refractivity contribution in [1.29, 1.82) is 0 Å². The van der Waals surface area contributed by atoms with E-state index in [0.29, 0.717) is 5.75 Å². The van der Waals surface area contributed by atoms with Gasteiger partial charge in [-0.05, 0) is 65.7 Å². The van der Waals surface area contributed by atoms with E-state index in [4.69, 9.17) is 9.47 Å². The Morgan fingerprint density at radius 3 is 2.09 bits per heavy atom. The SMILES string of the molecule is CC(=O)Oc1c(C)cc(C(C)CCC2C(=O)Oc3c2cc(C(C)(C)C)cc3C(C)(C)C)cc1C. The van der Waals surface area contributed by atoms with Crippen LogP contribution < -0.4 is 9.47 Å². The van der Waals surface area contributed by atoms with E-state index in [2.05, 4.69) is 72.7 Å². The lowest BCUT2D eigenvalue weighted by atomic mass is 9.77. The van der Waals surface area contributed by atoms with Crippen molar-refractivity contribution < 1.29 is 19.1 Å². The maximum atomic E-state index is 13.0. The zero-order valence-electron chi connectivity index (χ0n) is 22.5. The Bertz CT molecular complexity index is 1090. The summed E-state index contributed by atoms with van der Waals surface area (Å²) in [4.78, 5) is 24.4. The number of benzene rings is 2. The summed E-state index contributed by atoms with van der Waals surface area (Å²) in [6.45, 7) is 20.7. The van der Waals surface area contributed by atoms with Crippen molar-refractivity contribution in [1.82, 2.24) is 0 Å². The summed E-state index contributed by atoms with van der Waals surface area (Å²) in [6, 6.07) is 8.58. The fourth-order valence-electron chi connectivity index (χ4n) is 4.74. The highest BCUT2D eigenvalue weighted by atomic mass is 16.5. The van der Waals surface area contributed by atoms with E-state index in [0.717, 1.165) is 40.8 Å². The number of carbonyl (C=O) groups is 2. The Labute approximate surface area is 205 Å². The molecule has 34 heavy (non-hydrogen) atoms. The molecular formula is C30H40O4. The van der Waals surface area contributed by atoms with Gasteiger partial charge in [0.15, 0.2) is 0 Å². The molecular weight excluding hydrogens is 424 g/mol. The van der Waals surface area contributed by atoms with E-state index in [1.807, 2.05) is 13.8 Å². The standard InChI is InChI=1S/C30H40O4/c1-17(21-13-18(2)26(19(3)14-21)33-20(4)31)11-12-23-24-15-22(29(5,6)7)16-25(30(8,9)10)27(24)34-28(23)32/h13-17,23H,11-12H2,1-10H3. The molecule has 0 aliphatic carbocycles. The lowest BCUT2D eigenvalue weighted by Crippen LogP contribution is -2.17. The second-order valence-corrected chi connectivity index (χ2v) is 12.0. The number of carbonyl (C=O) groups excluding carboxylic acids is 2. The zero-order valence-corrected chi connectivity index (χ0v) is 22.5. The molecule has 3 rings (SSSR count). The molecule has 0 bridgehead atoms. The van der Waals surface area contributed by atoms with Crippen molar-refractivity contribution in [3.63, 3.8) is 0 Å². The normalized spacial score (nSPS) is 16.8. The fourth-order valence-corrected chi connectivity index (χ4v) is 4.74. The van der Waals surface area contributed by atoms with Crippen LogP contribution in [0.4, 0.5) is 0 Å². The average Bonchev–Trinajstić information content (AvgIpc) is 3.01. The maximum absolute atomic E-state index is 13.0. The van der Waals surface area contributed by atoms with Gasteiger partial charge in [0, 0.05) is 18.1 Å². The Morgan fingerprint density at radius 2 is 1.59 bits per heavy atom. The monoisotopic (exact) mass is 464 g/mol. The summed E-state index contributed by atoms with van der Waals surface area (Å²) in [7, 11) is 0. The highest BCUT2D eigenvalue weighted by Gasteiger charge is 2.38. The molecule has 0 saturated carbocycles. The number of rotatable bonds is 5. The molecule has 2 aromatic rings. The third kappa shape index (κ3) is 5.37. The van der Waals surface area contributed by atoms with Crippen LogP contribution >= 0.6 is 0 Å². The molecule has 0 amide bonds. The summed E-state index contributed by atoms with van der Waals surface area (Å²) in [5.41, 5.74) is 6.33. The molecule has 2 unspecified atom stereocenters. The highest BCUT2D eigenvalue weighted by molar-refractivity contribution is 5.87. The van der Waals surface area contributed by atoms with Crippen molar-refractivity contribution in [3.05, 3.63) is 57.6 Å². The summed E-state index contributed by atoms with van der Waals surface area (Å²) in [6.07, 6.45) is 1.59. The smallest absolute Gasteiger partial charge is 0.318 e. The number of fused-ring (bicyclic) bond motifs is 1. The topological polar surface area (TPSA) is 52.6 Å². The number of hydrogen-bond acceptors (Lipinski definition) is 4. The first kappa shape index (κ1) is 26.0. The van der Waals surface area contributed by atoms with E-state index in [-0.39, 0.29) is 34.6 Å². The van der Waals surface area contributed by atoms with Crippen LogP contribution in [-0.2, 0) is 20.4 Å². The predicted octanol–water partition coefficient (Wildman–Crippen LogP) is 7.41. The molecule has 2 aromatic carbocycles. The second kappa shape index (κ2) is 9.20. The van der Waals surface area contributed by atoms with Crippen LogP contribution in [0.3, 0.4) is 0 Å². The van der Waals surface area contributed by atoms with E-state index in [1.54, 1.807) is 0 Å². The molecule has 2 atom stereocenters. The van der Waals surface area contributed by atoms with Crippen molar-refractivity contribution in [2.45, 2.75) is 105 Å². The Kier molecular flexibility index (Phi) is 7.04. The molecule has 1 aliphatic rings. The fraction of sp³-hybridized carbons (Fsp3) is 0.533. The third-order valence-corrected chi connectivity index (χ3v) is 6.84. The van der Waals surface area contributed by atoms with Crippen molar-refractivity contribution in [2.24, 2.45) is 0 Å². The molecule has 4 nitrogen and oxygen atoms in total. The Morgan fingerprint density at radius 1 is 1.00 bits per heavy atom. The van der Waals surface area contributed by atoms with Gasteiger partial charge < -0.3 is 9.47 Å². The van der Waals surface area contributed by atoms with Gasteiger partial charge in [-0.25, -0.2) is 0 Å². The first-order valence-corrected chi connectivity index (χ1v) is 12.3. The number of aryl methyl sites for hydroxylation is 2. The van der Waals surface area contributed by atoms with Crippen LogP contribution in [0.5, 0.6) is 11.5 Å². The minimum Gasteiger partial charge on any atom is -0.426 e. The van der Waals surface area contributed by atoms with E-state index >= 15 is 0 Å². The van der Waals surface area contributed by atoms with Crippen LogP contribution in [0.2, 0.25) is 0 Å². The summed E-state index contributed by atoms with van der Waals surface area (Å²) in [5, 5.41) is 0. The Balaban J connectivity index is 1.89. The van der Waals surface area contributed by atoms with Gasteiger partial charge in [0.1, 0.15) is 11.5 Å². The quantitative estimate of drug-likeness (QED) is 0.341. The predicted molar refractivity (Wildman–Crippen MR) is 137 cm³/mol. The molecule has 0 saturated heterocycles. The molecule has 1 heterocycles. The van der Waals surface area contributed by atoms with Gasteiger partial charge in [-0.2, -0.15) is 0 Å². The van der Waals surface area contributed by atoms with Crippen LogP contribution in [0.1, 0.15) is 113 Å². The molecule has 1 aliphatic heterocycles. The van der Waals surface area contributed by atoms with Gasteiger partial charge in [-0.15, -0.1) is 0 Å². The van der Waals surface area contributed by atoms with Gasteiger partial charge in [0.2, 0.25) is 0 Å². The average molecular weight is 465 g/mol. The molecule has 4 heteroatoms. The number of esters is 2.